The quantitative estimate of drug-likeness (QED) is 0.874. The van der Waals surface area contributed by atoms with E-state index in [1.165, 1.54) is 5.56 Å². The van der Waals surface area contributed by atoms with E-state index in [0.717, 1.165) is 12.1 Å². The van der Waals surface area contributed by atoms with Gasteiger partial charge in [-0.1, -0.05) is 18.2 Å². The summed E-state index contributed by atoms with van der Waals surface area (Å²) in [6.07, 6.45) is 2.48. The van der Waals surface area contributed by atoms with Crippen LogP contribution in [0.2, 0.25) is 0 Å². The predicted molar refractivity (Wildman–Crippen MR) is 73.1 cm³/mol. The van der Waals surface area contributed by atoms with Crippen molar-refractivity contribution in [2.75, 3.05) is 18.0 Å². The third kappa shape index (κ3) is 2.02. The number of hydrogen-bond donors (Lipinski definition) is 2. The number of para-hydroxylation sites is 1. The Kier molecular flexibility index (Phi) is 3.05. The molecule has 5 nitrogen and oxygen atoms in total. The molecule has 1 aromatic carbocycles. The zero-order valence-corrected chi connectivity index (χ0v) is 10.5. The molecular formula is C14H16N4O. The van der Waals surface area contributed by atoms with E-state index >= 15 is 0 Å². The van der Waals surface area contributed by atoms with E-state index in [9.17, 15) is 4.79 Å². The number of benzene rings is 1. The summed E-state index contributed by atoms with van der Waals surface area (Å²) in [5.74, 6) is 0.289. The molecule has 0 bridgehead atoms. The van der Waals surface area contributed by atoms with Crippen LogP contribution in [-0.4, -0.2) is 29.2 Å². The highest BCUT2D eigenvalue weighted by Gasteiger charge is 2.32. The number of hydrogen-bond acceptors (Lipinski definition) is 3. The molecule has 1 aromatic heterocycles. The summed E-state index contributed by atoms with van der Waals surface area (Å²) in [7, 11) is 0. The van der Waals surface area contributed by atoms with Gasteiger partial charge in [-0.3, -0.25) is 9.89 Å². The number of fused-ring (bicyclic) bond motifs is 1. The van der Waals surface area contributed by atoms with Crippen molar-refractivity contribution in [3.63, 3.8) is 0 Å². The summed E-state index contributed by atoms with van der Waals surface area (Å²) >= 11 is 0. The van der Waals surface area contributed by atoms with Gasteiger partial charge in [-0.25, -0.2) is 0 Å². The smallest absolute Gasteiger partial charge is 0.276 e. The molecule has 2 heterocycles. The van der Waals surface area contributed by atoms with Gasteiger partial charge in [0.05, 0.1) is 0 Å². The van der Waals surface area contributed by atoms with Crippen LogP contribution in [0.25, 0.3) is 0 Å². The molecule has 5 heteroatoms. The summed E-state index contributed by atoms with van der Waals surface area (Å²) in [4.78, 5) is 14.3. The number of aromatic nitrogens is 2. The fourth-order valence-corrected chi connectivity index (χ4v) is 2.66. The van der Waals surface area contributed by atoms with Crippen molar-refractivity contribution in [1.29, 1.82) is 0 Å². The first-order valence-corrected chi connectivity index (χ1v) is 6.41. The molecule has 0 saturated heterocycles. The topological polar surface area (TPSA) is 75.0 Å². The minimum Gasteiger partial charge on any atom is -0.330 e. The molecule has 1 aliphatic heterocycles. The summed E-state index contributed by atoms with van der Waals surface area (Å²) < 4.78 is 0. The van der Waals surface area contributed by atoms with Gasteiger partial charge >= 0.3 is 0 Å². The molecule has 98 valence electrons. The number of carbonyl (C=O) groups is 1. The van der Waals surface area contributed by atoms with Crippen LogP contribution >= 0.6 is 0 Å². The van der Waals surface area contributed by atoms with Crippen LogP contribution in [0.1, 0.15) is 28.4 Å². The minimum absolute atomic E-state index is 0.0375. The lowest BCUT2D eigenvalue weighted by atomic mass is 9.98. The maximum absolute atomic E-state index is 12.4. The van der Waals surface area contributed by atoms with Gasteiger partial charge in [0.2, 0.25) is 0 Å². The minimum atomic E-state index is -0.0375. The monoisotopic (exact) mass is 256 g/mol. The lowest BCUT2D eigenvalue weighted by Crippen LogP contribution is -2.30. The lowest BCUT2D eigenvalue weighted by Gasteiger charge is -2.16. The second-order valence-electron chi connectivity index (χ2n) is 4.72. The van der Waals surface area contributed by atoms with Crippen LogP contribution in [0, 0.1) is 0 Å². The van der Waals surface area contributed by atoms with Crippen molar-refractivity contribution < 1.29 is 4.79 Å². The van der Waals surface area contributed by atoms with Gasteiger partial charge in [0.1, 0.15) is 5.69 Å². The number of aromatic amines is 1. The first-order chi connectivity index (χ1) is 9.31. The van der Waals surface area contributed by atoms with Crippen molar-refractivity contribution in [2.45, 2.75) is 12.3 Å². The molecule has 3 N–H and O–H groups in total. The Morgan fingerprint density at radius 2 is 2.26 bits per heavy atom. The fraction of sp³-hybridized carbons (Fsp3) is 0.286. The number of nitrogens with two attached hydrogens (primary N) is 1. The maximum Gasteiger partial charge on any atom is 0.276 e. The standard InChI is InChI=1S/C14H16N4O/c15-7-5-10-9-18(13-4-2-1-3-11(10)13)14(19)12-6-8-16-17-12/h1-4,6,8,10H,5,7,9,15H2,(H,16,17). The average molecular weight is 256 g/mol. The number of nitrogens with one attached hydrogen (secondary N) is 1. The van der Waals surface area contributed by atoms with Crippen LogP contribution in [0.3, 0.4) is 0 Å². The average Bonchev–Trinajstić information content (AvgIpc) is 3.07. The van der Waals surface area contributed by atoms with Gasteiger partial charge in [0.25, 0.3) is 5.91 Å². The zero-order valence-electron chi connectivity index (χ0n) is 10.5. The van der Waals surface area contributed by atoms with Crippen LogP contribution in [-0.2, 0) is 0 Å². The van der Waals surface area contributed by atoms with Crippen molar-refractivity contribution >= 4 is 11.6 Å². The molecule has 19 heavy (non-hydrogen) atoms. The van der Waals surface area contributed by atoms with E-state index in [1.807, 2.05) is 23.1 Å². The van der Waals surface area contributed by atoms with E-state index in [1.54, 1.807) is 12.3 Å². The first-order valence-electron chi connectivity index (χ1n) is 6.41. The van der Waals surface area contributed by atoms with Gasteiger partial charge in [-0.15, -0.1) is 0 Å². The third-order valence-electron chi connectivity index (χ3n) is 3.56. The van der Waals surface area contributed by atoms with E-state index in [2.05, 4.69) is 16.3 Å². The van der Waals surface area contributed by atoms with Crippen LogP contribution in [0.4, 0.5) is 5.69 Å². The largest absolute Gasteiger partial charge is 0.330 e. The number of amides is 1. The zero-order chi connectivity index (χ0) is 13.2. The summed E-state index contributed by atoms with van der Waals surface area (Å²) in [5, 5.41) is 6.56. The molecule has 1 amide bonds. The molecule has 0 fully saturated rings. The normalized spacial score (nSPS) is 17.5. The number of nitrogens with zero attached hydrogens (tertiary/aromatic N) is 2. The fourth-order valence-electron chi connectivity index (χ4n) is 2.66. The van der Waals surface area contributed by atoms with E-state index < -0.39 is 0 Å². The summed E-state index contributed by atoms with van der Waals surface area (Å²) in [6, 6.07) is 9.72. The maximum atomic E-state index is 12.4. The first kappa shape index (κ1) is 11.9. The molecule has 0 spiro atoms. The van der Waals surface area contributed by atoms with E-state index in [4.69, 9.17) is 5.73 Å². The Hall–Kier alpha value is -2.14. The third-order valence-corrected chi connectivity index (χ3v) is 3.56. The molecule has 1 unspecified atom stereocenters. The lowest BCUT2D eigenvalue weighted by molar-refractivity contribution is 0.0983. The van der Waals surface area contributed by atoms with E-state index in [-0.39, 0.29) is 5.91 Å². The highest BCUT2D eigenvalue weighted by Crippen LogP contribution is 2.38. The highest BCUT2D eigenvalue weighted by atomic mass is 16.2. The van der Waals surface area contributed by atoms with Gasteiger partial charge in [0, 0.05) is 24.3 Å². The van der Waals surface area contributed by atoms with Gasteiger partial charge in [-0.05, 0) is 30.7 Å². The Morgan fingerprint density at radius 3 is 3.00 bits per heavy atom. The van der Waals surface area contributed by atoms with Crippen LogP contribution in [0.5, 0.6) is 0 Å². The second kappa shape index (κ2) is 4.85. The molecule has 2 aromatic rings. The number of anilines is 1. The van der Waals surface area contributed by atoms with Crippen molar-refractivity contribution in [2.24, 2.45) is 5.73 Å². The second-order valence-corrected chi connectivity index (χ2v) is 4.72. The summed E-state index contributed by atoms with van der Waals surface area (Å²) in [6.45, 7) is 1.32. The molecule has 0 aliphatic carbocycles. The van der Waals surface area contributed by atoms with Crippen molar-refractivity contribution in [3.05, 3.63) is 47.8 Å². The van der Waals surface area contributed by atoms with Crippen molar-refractivity contribution in [3.8, 4) is 0 Å². The van der Waals surface area contributed by atoms with Gasteiger partial charge in [0.15, 0.2) is 0 Å². The number of H-pyrrole nitrogens is 1. The van der Waals surface area contributed by atoms with Crippen LogP contribution < -0.4 is 10.6 Å². The Labute approximate surface area is 111 Å². The van der Waals surface area contributed by atoms with Crippen molar-refractivity contribution in [1.82, 2.24) is 10.2 Å². The molecule has 0 saturated carbocycles. The van der Waals surface area contributed by atoms with Gasteiger partial charge < -0.3 is 10.6 Å². The summed E-state index contributed by atoms with van der Waals surface area (Å²) in [5.41, 5.74) is 8.37. The number of rotatable bonds is 3. The molecule has 0 radical (unpaired) electrons. The van der Waals surface area contributed by atoms with E-state index in [0.29, 0.717) is 24.7 Å². The Balaban J connectivity index is 1.94. The molecular weight excluding hydrogens is 240 g/mol. The molecule has 1 aliphatic rings. The predicted octanol–water partition coefficient (Wildman–Crippen LogP) is 1.50. The number of carbonyl (C=O) groups excluding carboxylic acids is 1. The highest BCUT2D eigenvalue weighted by molar-refractivity contribution is 6.06. The molecule has 1 atom stereocenters. The SMILES string of the molecule is NCCC1CN(C(=O)c2ccn[nH]2)c2ccccc21. The molecule has 3 rings (SSSR count). The van der Waals surface area contributed by atoms with Gasteiger partial charge in [-0.2, -0.15) is 5.10 Å². The van der Waals surface area contributed by atoms with Crippen LogP contribution in [0.15, 0.2) is 36.5 Å². The Morgan fingerprint density at radius 1 is 1.42 bits per heavy atom. The Bertz CT molecular complexity index is 579.